The van der Waals surface area contributed by atoms with Crippen LogP contribution in [-0.4, -0.2) is 24.2 Å². The quantitative estimate of drug-likeness (QED) is 0.697. The van der Waals surface area contributed by atoms with Gasteiger partial charge in [0.15, 0.2) is 0 Å². The third kappa shape index (κ3) is 3.64. The molecule has 136 valence electrons. The van der Waals surface area contributed by atoms with E-state index >= 15 is 0 Å². The molecule has 0 unspecified atom stereocenters. The normalized spacial score (nSPS) is 19.6. The highest BCUT2D eigenvalue weighted by atomic mass is 16.4. The van der Waals surface area contributed by atoms with Crippen LogP contribution in [0.1, 0.15) is 39.7 Å². The molecule has 0 saturated carbocycles. The molecule has 0 bridgehead atoms. The standard InChI is InChI=1S/C24H23NO2/c26-24(27)21-12-11-19(17-7-3-1-4-8-17)15-22(21)23-16-25-14-13-20(23)18-9-5-2-6-10-18/h1-12,15,20,23,25H,13-14,16H2,(H,26,27)/t20-,23+/m0/s1. The third-order valence-electron chi connectivity index (χ3n) is 5.50. The van der Waals surface area contributed by atoms with Gasteiger partial charge in [0.1, 0.15) is 0 Å². The van der Waals surface area contributed by atoms with Crippen LogP contribution in [0.2, 0.25) is 0 Å². The number of carboxylic acids is 1. The first-order valence-corrected chi connectivity index (χ1v) is 9.42. The molecule has 1 fully saturated rings. The van der Waals surface area contributed by atoms with Crippen LogP contribution in [-0.2, 0) is 0 Å². The lowest BCUT2D eigenvalue weighted by Gasteiger charge is -2.34. The van der Waals surface area contributed by atoms with E-state index in [1.807, 2.05) is 30.3 Å². The van der Waals surface area contributed by atoms with Gasteiger partial charge >= 0.3 is 5.97 Å². The van der Waals surface area contributed by atoms with Crippen molar-refractivity contribution in [3.63, 3.8) is 0 Å². The summed E-state index contributed by atoms with van der Waals surface area (Å²) in [5, 5.41) is 13.3. The van der Waals surface area contributed by atoms with E-state index in [0.29, 0.717) is 11.5 Å². The van der Waals surface area contributed by atoms with Gasteiger partial charge in [-0.05, 0) is 53.3 Å². The maximum Gasteiger partial charge on any atom is 0.335 e. The summed E-state index contributed by atoms with van der Waals surface area (Å²) in [5.74, 6) is -0.408. The van der Waals surface area contributed by atoms with Gasteiger partial charge in [0, 0.05) is 12.5 Å². The van der Waals surface area contributed by atoms with Crippen LogP contribution in [0.4, 0.5) is 0 Å². The third-order valence-corrected chi connectivity index (χ3v) is 5.50. The summed E-state index contributed by atoms with van der Waals surface area (Å²) in [7, 11) is 0. The molecule has 2 N–H and O–H groups in total. The molecule has 0 spiro atoms. The van der Waals surface area contributed by atoms with Gasteiger partial charge in [-0.25, -0.2) is 4.79 Å². The zero-order valence-corrected chi connectivity index (χ0v) is 15.1. The summed E-state index contributed by atoms with van der Waals surface area (Å²) >= 11 is 0. The first-order valence-electron chi connectivity index (χ1n) is 9.42. The average molecular weight is 357 g/mol. The number of benzene rings is 3. The second-order valence-electron chi connectivity index (χ2n) is 7.09. The van der Waals surface area contributed by atoms with Gasteiger partial charge in [-0.1, -0.05) is 66.7 Å². The minimum atomic E-state index is -0.859. The molecule has 1 heterocycles. The van der Waals surface area contributed by atoms with Crippen molar-refractivity contribution in [3.05, 3.63) is 95.6 Å². The zero-order valence-electron chi connectivity index (χ0n) is 15.1. The van der Waals surface area contributed by atoms with E-state index in [1.54, 1.807) is 6.07 Å². The van der Waals surface area contributed by atoms with Crippen molar-refractivity contribution < 1.29 is 9.90 Å². The monoisotopic (exact) mass is 357 g/mol. The smallest absolute Gasteiger partial charge is 0.335 e. The van der Waals surface area contributed by atoms with Crippen LogP contribution >= 0.6 is 0 Å². The lowest BCUT2D eigenvalue weighted by Crippen LogP contribution is -2.34. The Morgan fingerprint density at radius 1 is 0.852 bits per heavy atom. The van der Waals surface area contributed by atoms with E-state index in [9.17, 15) is 9.90 Å². The van der Waals surface area contributed by atoms with Crippen LogP contribution in [0.5, 0.6) is 0 Å². The molecule has 1 aliphatic heterocycles. The summed E-state index contributed by atoms with van der Waals surface area (Å²) in [6.07, 6.45) is 1.00. The highest BCUT2D eigenvalue weighted by Gasteiger charge is 2.30. The van der Waals surface area contributed by atoms with E-state index in [0.717, 1.165) is 36.2 Å². The van der Waals surface area contributed by atoms with Crippen molar-refractivity contribution in [3.8, 4) is 11.1 Å². The number of piperidine rings is 1. The lowest BCUT2D eigenvalue weighted by atomic mass is 9.75. The molecule has 0 aliphatic carbocycles. The first-order chi connectivity index (χ1) is 13.2. The molecule has 0 radical (unpaired) electrons. The van der Waals surface area contributed by atoms with E-state index in [1.165, 1.54) is 5.56 Å². The van der Waals surface area contributed by atoms with E-state index in [4.69, 9.17) is 0 Å². The summed E-state index contributed by atoms with van der Waals surface area (Å²) in [6.45, 7) is 1.74. The number of rotatable bonds is 4. The molecule has 3 aromatic rings. The minimum Gasteiger partial charge on any atom is -0.478 e. The number of hydrogen-bond donors (Lipinski definition) is 2. The second-order valence-corrected chi connectivity index (χ2v) is 7.09. The molecule has 0 amide bonds. The lowest BCUT2D eigenvalue weighted by molar-refractivity contribution is 0.0694. The molecule has 3 heteroatoms. The van der Waals surface area contributed by atoms with Crippen molar-refractivity contribution in [2.45, 2.75) is 18.3 Å². The Hall–Kier alpha value is -2.91. The Labute approximate surface area is 159 Å². The maximum absolute atomic E-state index is 11.9. The summed E-state index contributed by atoms with van der Waals surface area (Å²) in [5.41, 5.74) is 4.78. The summed E-state index contributed by atoms with van der Waals surface area (Å²) in [4.78, 5) is 11.9. The topological polar surface area (TPSA) is 49.3 Å². The Morgan fingerprint density at radius 3 is 2.26 bits per heavy atom. The molecule has 4 rings (SSSR count). The van der Waals surface area contributed by atoms with Crippen LogP contribution in [0.25, 0.3) is 11.1 Å². The van der Waals surface area contributed by atoms with Crippen molar-refractivity contribution in [2.24, 2.45) is 0 Å². The molecule has 0 aromatic heterocycles. The van der Waals surface area contributed by atoms with Gasteiger partial charge in [0.2, 0.25) is 0 Å². The van der Waals surface area contributed by atoms with Gasteiger partial charge in [0.05, 0.1) is 5.56 Å². The zero-order chi connectivity index (χ0) is 18.6. The molecule has 2 atom stereocenters. The van der Waals surface area contributed by atoms with Crippen LogP contribution in [0, 0.1) is 0 Å². The predicted octanol–water partition coefficient (Wildman–Crippen LogP) is 4.91. The van der Waals surface area contributed by atoms with E-state index in [-0.39, 0.29) is 5.92 Å². The Kier molecular flexibility index (Phi) is 5.03. The largest absolute Gasteiger partial charge is 0.478 e. The van der Waals surface area contributed by atoms with Gasteiger partial charge < -0.3 is 10.4 Å². The van der Waals surface area contributed by atoms with E-state index in [2.05, 4.69) is 47.8 Å². The number of carbonyl (C=O) groups is 1. The van der Waals surface area contributed by atoms with Crippen molar-refractivity contribution in [2.75, 3.05) is 13.1 Å². The highest BCUT2D eigenvalue weighted by Crippen LogP contribution is 2.40. The van der Waals surface area contributed by atoms with Gasteiger partial charge in [-0.15, -0.1) is 0 Å². The number of nitrogens with one attached hydrogen (secondary N) is 1. The number of carboxylic acid groups (broad SMARTS) is 1. The molecule has 1 aliphatic rings. The first kappa shape index (κ1) is 17.5. The fourth-order valence-corrected chi connectivity index (χ4v) is 4.16. The van der Waals surface area contributed by atoms with Crippen LogP contribution in [0.15, 0.2) is 78.9 Å². The molecule has 27 heavy (non-hydrogen) atoms. The Morgan fingerprint density at radius 2 is 1.56 bits per heavy atom. The Balaban J connectivity index is 1.81. The molecular weight excluding hydrogens is 334 g/mol. The van der Waals surface area contributed by atoms with Gasteiger partial charge in [0.25, 0.3) is 0 Å². The number of aromatic carboxylic acids is 1. The van der Waals surface area contributed by atoms with Crippen LogP contribution < -0.4 is 5.32 Å². The average Bonchev–Trinajstić information content (AvgIpc) is 2.74. The maximum atomic E-state index is 11.9. The van der Waals surface area contributed by atoms with Crippen molar-refractivity contribution >= 4 is 5.97 Å². The number of hydrogen-bond acceptors (Lipinski definition) is 2. The molecule has 1 saturated heterocycles. The van der Waals surface area contributed by atoms with Crippen molar-refractivity contribution in [1.82, 2.24) is 5.32 Å². The van der Waals surface area contributed by atoms with Crippen LogP contribution in [0.3, 0.4) is 0 Å². The van der Waals surface area contributed by atoms with Crippen molar-refractivity contribution in [1.29, 1.82) is 0 Å². The molecule has 3 nitrogen and oxygen atoms in total. The molecular formula is C24H23NO2. The molecule has 3 aromatic carbocycles. The SMILES string of the molecule is O=C(O)c1ccc(-c2ccccc2)cc1[C@@H]1CNCC[C@H]1c1ccccc1. The van der Waals surface area contributed by atoms with E-state index < -0.39 is 5.97 Å². The summed E-state index contributed by atoms with van der Waals surface area (Å²) in [6, 6.07) is 26.4. The van der Waals surface area contributed by atoms with Gasteiger partial charge in [-0.3, -0.25) is 0 Å². The second kappa shape index (κ2) is 7.77. The Bertz CT molecular complexity index is 922. The fourth-order valence-electron chi connectivity index (χ4n) is 4.16. The van der Waals surface area contributed by atoms with Gasteiger partial charge in [-0.2, -0.15) is 0 Å². The highest BCUT2D eigenvalue weighted by molar-refractivity contribution is 5.90. The minimum absolute atomic E-state index is 0.135. The summed E-state index contributed by atoms with van der Waals surface area (Å²) < 4.78 is 0. The fraction of sp³-hybridized carbons (Fsp3) is 0.208. The predicted molar refractivity (Wildman–Crippen MR) is 108 cm³/mol.